The molecule has 2 bridgehead atoms. The Balaban J connectivity index is 1.06. The fourth-order valence-electron chi connectivity index (χ4n) is 7.26. The monoisotopic (exact) mass is 638 g/mol. The number of hydrogen-bond acceptors (Lipinski definition) is 10. The molecular weight excluding hydrogens is 600 g/mol. The minimum atomic E-state index is -0.0171. The predicted octanol–water partition coefficient (Wildman–Crippen LogP) is 4.20. The van der Waals surface area contributed by atoms with Gasteiger partial charge in [-0.25, -0.2) is 4.52 Å². The Morgan fingerprint density at radius 3 is 2.50 bits per heavy atom. The zero-order valence-electron chi connectivity index (χ0n) is 26.3. The van der Waals surface area contributed by atoms with Crippen LogP contribution in [-0.2, 0) is 9.59 Å². The number of amides is 2. The maximum atomic E-state index is 13.2. The minimum absolute atomic E-state index is 0.0171. The van der Waals surface area contributed by atoms with Crippen LogP contribution in [0, 0.1) is 29.1 Å². The summed E-state index contributed by atoms with van der Waals surface area (Å²) in [6.45, 7) is 8.80. The molecule has 3 atom stereocenters. The van der Waals surface area contributed by atoms with E-state index in [1.807, 2.05) is 35.4 Å². The number of anilines is 2. The number of nitriles is 1. The number of likely N-dealkylation sites (tertiary alicyclic amines) is 1. The fourth-order valence-corrected chi connectivity index (χ4v) is 8.14. The normalized spacial score (nSPS) is 21.5. The number of aromatic nitrogens is 5. The van der Waals surface area contributed by atoms with Crippen molar-refractivity contribution in [3.8, 4) is 28.0 Å². The van der Waals surface area contributed by atoms with Crippen molar-refractivity contribution >= 4 is 39.5 Å². The molecule has 0 spiro atoms. The van der Waals surface area contributed by atoms with E-state index in [0.717, 1.165) is 77.1 Å². The quantitative estimate of drug-likeness (QED) is 0.304. The van der Waals surface area contributed by atoms with E-state index < -0.39 is 0 Å². The molecule has 0 unspecified atom stereocenters. The van der Waals surface area contributed by atoms with E-state index in [1.165, 1.54) is 0 Å². The van der Waals surface area contributed by atoms with E-state index in [4.69, 9.17) is 4.98 Å². The van der Waals surface area contributed by atoms with Crippen molar-refractivity contribution in [3.63, 3.8) is 0 Å². The summed E-state index contributed by atoms with van der Waals surface area (Å²) in [5.41, 5.74) is 4.75. The van der Waals surface area contributed by atoms with Gasteiger partial charge in [0.15, 0.2) is 5.01 Å². The topological polar surface area (TPSA) is 144 Å². The number of hydrogen-bond donors (Lipinski definition) is 2. The van der Waals surface area contributed by atoms with Gasteiger partial charge in [-0.05, 0) is 75.6 Å². The van der Waals surface area contributed by atoms with Gasteiger partial charge in [0.2, 0.25) is 16.9 Å². The van der Waals surface area contributed by atoms with Crippen LogP contribution >= 0.6 is 11.3 Å². The first-order valence-electron chi connectivity index (χ1n) is 16.1. The van der Waals surface area contributed by atoms with Gasteiger partial charge in [0.05, 0.1) is 34.2 Å². The highest BCUT2D eigenvalue weighted by Gasteiger charge is 2.44. The largest absolute Gasteiger partial charge is 0.382 e. The molecule has 2 amide bonds. The molecule has 46 heavy (non-hydrogen) atoms. The van der Waals surface area contributed by atoms with Crippen molar-refractivity contribution in [2.45, 2.75) is 58.5 Å². The molecular formula is C33H38N10O2S. The summed E-state index contributed by atoms with van der Waals surface area (Å²) >= 11 is 1.57. The third-order valence-corrected chi connectivity index (χ3v) is 10.6. The highest BCUT2D eigenvalue weighted by Crippen LogP contribution is 2.42. The molecule has 238 valence electrons. The van der Waals surface area contributed by atoms with E-state index in [9.17, 15) is 14.9 Å². The molecule has 3 aliphatic rings. The Bertz CT molecular complexity index is 1800. The molecule has 1 saturated carbocycles. The highest BCUT2D eigenvalue weighted by molar-refractivity contribution is 7.18. The smallest absolute Gasteiger partial charge is 0.223 e. The number of nitrogens with zero attached hydrogens (tertiary/aromatic N) is 8. The summed E-state index contributed by atoms with van der Waals surface area (Å²) in [6, 6.07) is 10.3. The summed E-state index contributed by atoms with van der Waals surface area (Å²) in [5.74, 6) is 0.970. The molecule has 4 aromatic rings. The number of carbonyl (C=O) groups is 2. The van der Waals surface area contributed by atoms with E-state index in [-0.39, 0.29) is 29.8 Å². The molecule has 2 N–H and O–H groups in total. The molecule has 0 aromatic carbocycles. The first-order chi connectivity index (χ1) is 22.3. The van der Waals surface area contributed by atoms with Gasteiger partial charge in [0, 0.05) is 63.0 Å². The number of nitrogens with one attached hydrogen (secondary N) is 2. The number of carbonyl (C=O) groups excluding carboxylic acids is 2. The molecule has 1 aliphatic carbocycles. The van der Waals surface area contributed by atoms with Crippen LogP contribution in [0.3, 0.4) is 0 Å². The molecule has 4 aromatic heterocycles. The van der Waals surface area contributed by atoms with Crippen LogP contribution in [0.4, 0.5) is 10.8 Å². The second kappa shape index (κ2) is 12.3. The zero-order valence-corrected chi connectivity index (χ0v) is 27.1. The van der Waals surface area contributed by atoms with Gasteiger partial charge >= 0.3 is 0 Å². The molecule has 0 radical (unpaired) electrons. The number of piperidine rings is 2. The number of pyridine rings is 1. The summed E-state index contributed by atoms with van der Waals surface area (Å²) < 4.78 is 1.79. The summed E-state index contributed by atoms with van der Waals surface area (Å²) in [5, 5.41) is 31.6. The van der Waals surface area contributed by atoms with Gasteiger partial charge in [-0.1, -0.05) is 11.3 Å². The van der Waals surface area contributed by atoms with Crippen LogP contribution in [0.25, 0.3) is 27.5 Å². The van der Waals surface area contributed by atoms with Gasteiger partial charge in [0.25, 0.3) is 0 Å². The standard InChI is InChI=1S/C33H38N10O2S/c1-19(2)37-27-13-28(29-7-6-25-12-21(14-34)15-36-43(25)29)35-16-26(27)32-39-40-33(46-32)42-17-23-4-5-24(18-42)30(23)38-31(45)22-8-10-41(11-9-22)20(3)44/h6-7,12-13,15-16,19,22-24,30H,4-5,8-11,17-18H2,1-3H3,(H,35,37)(H,38,45)/t23-,24+,30-. The first kappa shape index (κ1) is 30.1. The van der Waals surface area contributed by atoms with Crippen molar-refractivity contribution < 1.29 is 9.59 Å². The van der Waals surface area contributed by atoms with Gasteiger partial charge in [-0.3, -0.25) is 14.6 Å². The van der Waals surface area contributed by atoms with Crippen molar-refractivity contribution in [2.75, 3.05) is 36.4 Å². The lowest BCUT2D eigenvalue weighted by molar-refractivity contribution is -0.134. The van der Waals surface area contributed by atoms with E-state index >= 15 is 0 Å². The Kier molecular flexibility index (Phi) is 8.06. The van der Waals surface area contributed by atoms with Crippen LogP contribution in [0.5, 0.6) is 0 Å². The van der Waals surface area contributed by atoms with E-state index in [2.05, 4.69) is 50.7 Å². The van der Waals surface area contributed by atoms with E-state index in [0.29, 0.717) is 30.5 Å². The first-order valence-corrected chi connectivity index (χ1v) is 16.9. The average Bonchev–Trinajstić information content (AvgIpc) is 3.76. The second-order valence-corrected chi connectivity index (χ2v) is 14.0. The van der Waals surface area contributed by atoms with Crippen LogP contribution in [0.15, 0.2) is 36.7 Å². The number of fused-ring (bicyclic) bond motifs is 3. The van der Waals surface area contributed by atoms with Crippen LogP contribution < -0.4 is 15.5 Å². The zero-order chi connectivity index (χ0) is 31.9. The van der Waals surface area contributed by atoms with Crippen molar-refractivity contribution in [2.24, 2.45) is 17.8 Å². The number of rotatable bonds is 7. The second-order valence-electron chi connectivity index (χ2n) is 13.0. The lowest BCUT2D eigenvalue weighted by atomic mass is 9.90. The van der Waals surface area contributed by atoms with Gasteiger partial charge in [-0.2, -0.15) is 10.4 Å². The minimum Gasteiger partial charge on any atom is -0.382 e. The Morgan fingerprint density at radius 1 is 1.04 bits per heavy atom. The lowest BCUT2D eigenvalue weighted by Crippen LogP contribution is -2.54. The maximum Gasteiger partial charge on any atom is 0.223 e. The molecule has 3 fully saturated rings. The molecule has 12 nitrogen and oxygen atoms in total. The van der Waals surface area contributed by atoms with Crippen molar-refractivity contribution in [1.29, 1.82) is 5.26 Å². The maximum absolute atomic E-state index is 13.2. The van der Waals surface area contributed by atoms with Gasteiger partial charge in [-0.15, -0.1) is 10.2 Å². The summed E-state index contributed by atoms with van der Waals surface area (Å²) in [6.07, 6.45) is 7.06. The molecule has 7 rings (SSSR count). The molecule has 2 aliphatic heterocycles. The molecule has 13 heteroatoms. The third kappa shape index (κ3) is 5.77. The predicted molar refractivity (Wildman–Crippen MR) is 176 cm³/mol. The van der Waals surface area contributed by atoms with Crippen LogP contribution in [0.1, 0.15) is 52.0 Å². The molecule has 2 saturated heterocycles. The average molecular weight is 639 g/mol. The van der Waals surface area contributed by atoms with Crippen molar-refractivity contribution in [1.82, 2.24) is 35.0 Å². The van der Waals surface area contributed by atoms with E-state index in [1.54, 1.807) is 29.0 Å². The molecule has 6 heterocycles. The SMILES string of the molecule is CC(=O)N1CCC(C(=O)N[C@@H]2[C@@H]3CC[C@H]2CN(c2nnc(-c4cnc(-c5ccc6cc(C#N)cnn56)cc4NC(C)C)s2)C3)CC1. The fraction of sp³-hybridized carbons (Fsp3) is 0.485. The van der Waals surface area contributed by atoms with Crippen molar-refractivity contribution in [3.05, 3.63) is 42.2 Å². The highest BCUT2D eigenvalue weighted by atomic mass is 32.1. The van der Waals surface area contributed by atoms with Crippen LogP contribution in [0.2, 0.25) is 0 Å². The Morgan fingerprint density at radius 2 is 1.80 bits per heavy atom. The lowest BCUT2D eigenvalue weighted by Gasteiger charge is -2.39. The Labute approximate surface area is 271 Å². The van der Waals surface area contributed by atoms with Gasteiger partial charge < -0.3 is 20.4 Å². The Hall–Kier alpha value is -4.57. The summed E-state index contributed by atoms with van der Waals surface area (Å²) in [7, 11) is 0. The van der Waals surface area contributed by atoms with Crippen LogP contribution in [-0.4, -0.2) is 79.8 Å². The summed E-state index contributed by atoms with van der Waals surface area (Å²) in [4.78, 5) is 33.9. The third-order valence-electron chi connectivity index (χ3n) is 9.61. The van der Waals surface area contributed by atoms with Gasteiger partial charge in [0.1, 0.15) is 6.07 Å².